The summed E-state index contributed by atoms with van der Waals surface area (Å²) in [6, 6.07) is 7.22. The molecule has 0 aliphatic heterocycles. The number of carboxylic acid groups (broad SMARTS) is 1. The number of Topliss-reactive ketones (excluding diaryl/α,β-unsaturated/α-hetero) is 1. The molecule has 0 radical (unpaired) electrons. The number of nitrogens with zero attached hydrogens (tertiary/aromatic N) is 2. The quantitative estimate of drug-likeness (QED) is 0.876. The summed E-state index contributed by atoms with van der Waals surface area (Å²) >= 11 is 0. The number of hydrogen-bond acceptors (Lipinski definition) is 4. The summed E-state index contributed by atoms with van der Waals surface area (Å²) in [5.41, 5.74) is 2.57. The standard InChI is InChI=1S/C10H11NO2.C7H7NO/c1-8(4-5-10(12)13)9-3-2-6-11-7-9;1-6(9)7-3-2-4-8-5-7/h2-4,6-7H,5H2,1H3,(H,12,13);2-5H,1H3/b8-4+;. The van der Waals surface area contributed by atoms with E-state index in [4.69, 9.17) is 5.11 Å². The first-order valence-electron chi connectivity index (χ1n) is 6.70. The maximum Gasteiger partial charge on any atom is 0.307 e. The van der Waals surface area contributed by atoms with Gasteiger partial charge in [0.1, 0.15) is 0 Å². The van der Waals surface area contributed by atoms with Crippen LogP contribution in [0.4, 0.5) is 0 Å². The molecule has 0 bridgehead atoms. The van der Waals surface area contributed by atoms with Gasteiger partial charge in [-0.15, -0.1) is 0 Å². The van der Waals surface area contributed by atoms with E-state index in [0.717, 1.165) is 11.1 Å². The minimum atomic E-state index is -0.816. The van der Waals surface area contributed by atoms with Gasteiger partial charge in [-0.05, 0) is 43.2 Å². The molecule has 0 spiro atoms. The number of hydrogen-bond donors (Lipinski definition) is 1. The Bertz CT molecular complexity index is 637. The molecule has 0 saturated heterocycles. The molecule has 0 aliphatic rings. The van der Waals surface area contributed by atoms with E-state index in [1.165, 1.54) is 6.92 Å². The van der Waals surface area contributed by atoms with Gasteiger partial charge in [0.2, 0.25) is 0 Å². The molecule has 5 nitrogen and oxygen atoms in total. The van der Waals surface area contributed by atoms with E-state index in [1.807, 2.05) is 19.1 Å². The minimum Gasteiger partial charge on any atom is -0.481 e. The fourth-order valence-electron chi connectivity index (χ4n) is 1.53. The first-order chi connectivity index (χ1) is 10.5. The summed E-state index contributed by atoms with van der Waals surface area (Å²) in [5, 5.41) is 8.45. The van der Waals surface area contributed by atoms with Crippen LogP contribution in [0.5, 0.6) is 0 Å². The zero-order valence-electron chi connectivity index (χ0n) is 12.6. The maximum absolute atomic E-state index is 10.6. The first-order valence-corrected chi connectivity index (χ1v) is 6.70. The van der Waals surface area contributed by atoms with Crippen LogP contribution in [0.2, 0.25) is 0 Å². The number of carboxylic acids is 1. The van der Waals surface area contributed by atoms with E-state index in [1.54, 1.807) is 43.0 Å². The second-order valence-electron chi connectivity index (χ2n) is 4.52. The minimum absolute atomic E-state index is 0.0563. The number of aliphatic carboxylic acids is 1. The molecule has 114 valence electrons. The van der Waals surface area contributed by atoms with Crippen LogP contribution in [0.1, 0.15) is 36.2 Å². The van der Waals surface area contributed by atoms with Crippen molar-refractivity contribution in [3.63, 3.8) is 0 Å². The van der Waals surface area contributed by atoms with E-state index in [2.05, 4.69) is 9.97 Å². The first kappa shape index (κ1) is 17.2. The van der Waals surface area contributed by atoms with E-state index in [0.29, 0.717) is 5.56 Å². The summed E-state index contributed by atoms with van der Waals surface area (Å²) in [4.78, 5) is 28.6. The summed E-state index contributed by atoms with van der Waals surface area (Å²) in [5.74, 6) is -0.758. The number of pyridine rings is 2. The van der Waals surface area contributed by atoms with Gasteiger partial charge in [0.05, 0.1) is 6.42 Å². The fourth-order valence-corrected chi connectivity index (χ4v) is 1.53. The van der Waals surface area contributed by atoms with Gasteiger partial charge in [-0.1, -0.05) is 12.1 Å². The molecular weight excluding hydrogens is 280 g/mol. The molecule has 0 saturated carbocycles. The Kier molecular flexibility index (Phi) is 7.19. The van der Waals surface area contributed by atoms with Gasteiger partial charge in [0.25, 0.3) is 0 Å². The molecule has 5 heteroatoms. The molecule has 22 heavy (non-hydrogen) atoms. The van der Waals surface area contributed by atoms with Gasteiger partial charge < -0.3 is 5.11 Å². The van der Waals surface area contributed by atoms with Crippen molar-refractivity contribution in [1.29, 1.82) is 0 Å². The van der Waals surface area contributed by atoms with E-state index in [-0.39, 0.29) is 12.2 Å². The molecule has 0 atom stereocenters. The lowest BCUT2D eigenvalue weighted by molar-refractivity contribution is -0.135. The average Bonchev–Trinajstić information content (AvgIpc) is 2.55. The number of rotatable bonds is 4. The van der Waals surface area contributed by atoms with E-state index in [9.17, 15) is 9.59 Å². The van der Waals surface area contributed by atoms with Crippen molar-refractivity contribution in [3.05, 3.63) is 66.3 Å². The van der Waals surface area contributed by atoms with Gasteiger partial charge in [0.15, 0.2) is 5.78 Å². The lowest BCUT2D eigenvalue weighted by Gasteiger charge is -1.98. The molecule has 0 amide bonds. The van der Waals surface area contributed by atoms with Crippen LogP contribution in [0.3, 0.4) is 0 Å². The molecule has 0 unspecified atom stereocenters. The highest BCUT2D eigenvalue weighted by molar-refractivity contribution is 5.93. The lowest BCUT2D eigenvalue weighted by atomic mass is 10.1. The Balaban J connectivity index is 0.000000235. The Morgan fingerprint density at radius 1 is 1.05 bits per heavy atom. The Morgan fingerprint density at radius 2 is 1.59 bits per heavy atom. The van der Waals surface area contributed by atoms with E-state index < -0.39 is 5.97 Å². The summed E-state index contributed by atoms with van der Waals surface area (Å²) in [7, 11) is 0. The van der Waals surface area contributed by atoms with Crippen LogP contribution in [0.15, 0.2) is 55.1 Å². The van der Waals surface area contributed by atoms with Crippen molar-refractivity contribution in [3.8, 4) is 0 Å². The molecule has 2 heterocycles. The molecule has 0 aliphatic carbocycles. The number of aromatic nitrogens is 2. The SMILES string of the molecule is C/C(=C\CC(=O)O)c1cccnc1.CC(=O)c1cccnc1. The van der Waals surface area contributed by atoms with Gasteiger partial charge in [-0.25, -0.2) is 0 Å². The highest BCUT2D eigenvalue weighted by Gasteiger charge is 1.96. The number of carbonyl (C=O) groups is 2. The van der Waals surface area contributed by atoms with Crippen LogP contribution in [0.25, 0.3) is 5.57 Å². The van der Waals surface area contributed by atoms with Crippen LogP contribution < -0.4 is 0 Å². The normalized spacial score (nSPS) is 10.4. The summed E-state index contributed by atoms with van der Waals surface area (Å²) in [6.07, 6.45) is 8.34. The molecule has 0 fully saturated rings. The van der Waals surface area contributed by atoms with Gasteiger partial charge in [-0.3, -0.25) is 19.6 Å². The third-order valence-corrected chi connectivity index (χ3v) is 2.77. The Labute approximate surface area is 129 Å². The average molecular weight is 298 g/mol. The summed E-state index contributed by atoms with van der Waals surface area (Å²) in [6.45, 7) is 3.40. The van der Waals surface area contributed by atoms with Crippen molar-refractivity contribution in [2.45, 2.75) is 20.3 Å². The Hall–Kier alpha value is -2.82. The number of ketones is 1. The van der Waals surface area contributed by atoms with Gasteiger partial charge in [-0.2, -0.15) is 0 Å². The third-order valence-electron chi connectivity index (χ3n) is 2.77. The van der Waals surface area contributed by atoms with Gasteiger partial charge >= 0.3 is 5.97 Å². The lowest BCUT2D eigenvalue weighted by Crippen LogP contribution is -1.91. The highest BCUT2D eigenvalue weighted by atomic mass is 16.4. The maximum atomic E-state index is 10.6. The molecule has 2 aromatic heterocycles. The highest BCUT2D eigenvalue weighted by Crippen LogP contribution is 2.11. The van der Waals surface area contributed by atoms with Crippen molar-refractivity contribution < 1.29 is 14.7 Å². The topological polar surface area (TPSA) is 80.1 Å². The Morgan fingerprint density at radius 3 is 1.95 bits per heavy atom. The second kappa shape index (κ2) is 9.18. The summed E-state index contributed by atoms with van der Waals surface area (Å²) < 4.78 is 0. The zero-order chi connectivity index (χ0) is 16.4. The van der Waals surface area contributed by atoms with Crippen LogP contribution in [-0.4, -0.2) is 26.8 Å². The van der Waals surface area contributed by atoms with Crippen LogP contribution >= 0.6 is 0 Å². The predicted molar refractivity (Wildman–Crippen MR) is 84.4 cm³/mol. The van der Waals surface area contributed by atoms with E-state index >= 15 is 0 Å². The number of allylic oxidation sites excluding steroid dienone is 1. The molecule has 1 N–H and O–H groups in total. The molecule has 2 aromatic rings. The van der Waals surface area contributed by atoms with Crippen molar-refractivity contribution in [2.24, 2.45) is 0 Å². The van der Waals surface area contributed by atoms with Crippen LogP contribution in [-0.2, 0) is 4.79 Å². The van der Waals surface area contributed by atoms with Crippen molar-refractivity contribution in [1.82, 2.24) is 9.97 Å². The fraction of sp³-hybridized carbons (Fsp3) is 0.176. The molecular formula is C17H18N2O3. The molecule has 0 aromatic carbocycles. The second-order valence-corrected chi connectivity index (χ2v) is 4.52. The predicted octanol–water partition coefficient (Wildman–Crippen LogP) is 3.24. The van der Waals surface area contributed by atoms with Crippen molar-refractivity contribution >= 4 is 17.3 Å². The number of carbonyl (C=O) groups excluding carboxylic acids is 1. The monoisotopic (exact) mass is 298 g/mol. The van der Waals surface area contributed by atoms with Gasteiger partial charge in [0, 0.05) is 30.4 Å². The smallest absolute Gasteiger partial charge is 0.307 e. The molecule has 2 rings (SSSR count). The third kappa shape index (κ3) is 6.56. The largest absolute Gasteiger partial charge is 0.481 e. The van der Waals surface area contributed by atoms with Crippen LogP contribution in [0, 0.1) is 0 Å². The zero-order valence-corrected chi connectivity index (χ0v) is 12.6. The van der Waals surface area contributed by atoms with Crippen molar-refractivity contribution in [2.75, 3.05) is 0 Å².